The molecule has 0 atom stereocenters. The fourth-order valence-corrected chi connectivity index (χ4v) is 2.81. The van der Waals surface area contributed by atoms with E-state index >= 15 is 0 Å². The monoisotopic (exact) mass is 337 g/mol. The number of para-hydroxylation sites is 1. The molecule has 1 heterocycles. The molecule has 25 heavy (non-hydrogen) atoms. The van der Waals surface area contributed by atoms with Crippen LogP contribution in [0.15, 0.2) is 48.5 Å². The van der Waals surface area contributed by atoms with Crippen molar-refractivity contribution in [2.24, 2.45) is 7.05 Å². The number of hydrogen-bond acceptors (Lipinski definition) is 3. The number of aryl methyl sites for hydroxylation is 1. The van der Waals surface area contributed by atoms with E-state index in [-0.39, 0.29) is 12.5 Å². The molecule has 130 valence electrons. The summed E-state index contributed by atoms with van der Waals surface area (Å²) in [5, 5.41) is 2.88. The molecule has 0 radical (unpaired) electrons. The quantitative estimate of drug-likeness (QED) is 0.750. The first-order valence-electron chi connectivity index (χ1n) is 8.44. The van der Waals surface area contributed by atoms with Crippen LogP contribution in [0.4, 0.5) is 0 Å². The number of aromatic nitrogens is 2. The lowest BCUT2D eigenvalue weighted by Gasteiger charge is -2.08. The molecule has 0 spiro atoms. The standard InChI is InChI=1S/C20H23N3O2/c1-14(2)20-22-17-11-15(9-10-18(17)23(20)3)12-21-19(24)13-25-16-7-5-4-6-8-16/h4-11,14H,12-13H2,1-3H3,(H,21,24). The van der Waals surface area contributed by atoms with Gasteiger partial charge in [0.05, 0.1) is 11.0 Å². The summed E-state index contributed by atoms with van der Waals surface area (Å²) in [4.78, 5) is 16.6. The van der Waals surface area contributed by atoms with E-state index in [1.54, 1.807) is 0 Å². The van der Waals surface area contributed by atoms with Gasteiger partial charge in [0, 0.05) is 19.5 Å². The zero-order valence-corrected chi connectivity index (χ0v) is 14.8. The Balaban J connectivity index is 1.60. The molecular formula is C20H23N3O2. The zero-order chi connectivity index (χ0) is 17.8. The number of carbonyl (C=O) groups excluding carboxylic acids is 1. The molecule has 0 unspecified atom stereocenters. The minimum absolute atomic E-state index is 0.00728. The van der Waals surface area contributed by atoms with Crippen molar-refractivity contribution in [2.75, 3.05) is 6.61 Å². The van der Waals surface area contributed by atoms with Crippen LogP contribution < -0.4 is 10.1 Å². The van der Waals surface area contributed by atoms with E-state index in [9.17, 15) is 4.79 Å². The van der Waals surface area contributed by atoms with Crippen molar-refractivity contribution in [3.05, 3.63) is 59.9 Å². The van der Waals surface area contributed by atoms with Crippen molar-refractivity contribution in [1.82, 2.24) is 14.9 Å². The van der Waals surface area contributed by atoms with E-state index in [0.29, 0.717) is 18.2 Å². The molecule has 0 aliphatic heterocycles. The summed E-state index contributed by atoms with van der Waals surface area (Å²) in [5.74, 6) is 1.98. The molecule has 1 aromatic heterocycles. The molecule has 3 aromatic rings. The first kappa shape index (κ1) is 17.0. The Morgan fingerprint density at radius 3 is 2.68 bits per heavy atom. The first-order valence-corrected chi connectivity index (χ1v) is 8.44. The van der Waals surface area contributed by atoms with Crippen LogP contribution in [0.1, 0.15) is 31.2 Å². The summed E-state index contributed by atoms with van der Waals surface area (Å²) >= 11 is 0. The highest BCUT2D eigenvalue weighted by molar-refractivity contribution is 5.79. The molecule has 0 aliphatic rings. The molecule has 0 saturated carbocycles. The SMILES string of the molecule is CC(C)c1nc2cc(CNC(=O)COc3ccccc3)ccc2n1C. The number of carbonyl (C=O) groups is 1. The lowest BCUT2D eigenvalue weighted by molar-refractivity contribution is -0.123. The molecule has 0 saturated heterocycles. The third kappa shape index (κ3) is 3.99. The van der Waals surface area contributed by atoms with Crippen LogP contribution in [0.3, 0.4) is 0 Å². The number of fused-ring (bicyclic) bond motifs is 1. The van der Waals surface area contributed by atoms with Gasteiger partial charge in [-0.25, -0.2) is 4.98 Å². The Hall–Kier alpha value is -2.82. The third-order valence-corrected chi connectivity index (χ3v) is 4.10. The fourth-order valence-electron chi connectivity index (χ4n) is 2.81. The smallest absolute Gasteiger partial charge is 0.258 e. The van der Waals surface area contributed by atoms with Crippen LogP contribution in [0.5, 0.6) is 5.75 Å². The summed E-state index contributed by atoms with van der Waals surface area (Å²) in [5.41, 5.74) is 3.08. The molecule has 0 bridgehead atoms. The average molecular weight is 337 g/mol. The van der Waals surface area contributed by atoms with E-state index in [4.69, 9.17) is 9.72 Å². The average Bonchev–Trinajstić information content (AvgIpc) is 2.95. The van der Waals surface area contributed by atoms with Gasteiger partial charge >= 0.3 is 0 Å². The highest BCUT2D eigenvalue weighted by Gasteiger charge is 2.11. The van der Waals surface area contributed by atoms with Gasteiger partial charge < -0.3 is 14.6 Å². The van der Waals surface area contributed by atoms with E-state index in [2.05, 4.69) is 29.8 Å². The Morgan fingerprint density at radius 2 is 1.96 bits per heavy atom. The van der Waals surface area contributed by atoms with Gasteiger partial charge in [0.1, 0.15) is 11.6 Å². The van der Waals surface area contributed by atoms with Gasteiger partial charge in [0.2, 0.25) is 0 Å². The minimum Gasteiger partial charge on any atom is -0.484 e. The third-order valence-electron chi connectivity index (χ3n) is 4.10. The van der Waals surface area contributed by atoms with E-state index < -0.39 is 0 Å². The number of benzene rings is 2. The Labute approximate surface area is 147 Å². The lowest BCUT2D eigenvalue weighted by atomic mass is 10.2. The fraction of sp³-hybridized carbons (Fsp3) is 0.300. The van der Waals surface area contributed by atoms with Crippen LogP contribution in [0.2, 0.25) is 0 Å². The molecule has 0 aliphatic carbocycles. The van der Waals surface area contributed by atoms with Crippen LogP contribution in [-0.2, 0) is 18.4 Å². The maximum Gasteiger partial charge on any atom is 0.258 e. The second-order valence-electron chi connectivity index (χ2n) is 6.39. The number of nitrogens with zero attached hydrogens (tertiary/aromatic N) is 2. The number of ether oxygens (including phenoxy) is 1. The van der Waals surface area contributed by atoms with Gasteiger partial charge in [0.15, 0.2) is 6.61 Å². The van der Waals surface area contributed by atoms with Crippen molar-refractivity contribution < 1.29 is 9.53 Å². The number of nitrogens with one attached hydrogen (secondary N) is 1. The Morgan fingerprint density at radius 1 is 1.20 bits per heavy atom. The predicted octanol–water partition coefficient (Wildman–Crippen LogP) is 3.39. The van der Waals surface area contributed by atoms with Gasteiger partial charge in [-0.05, 0) is 29.8 Å². The number of imidazole rings is 1. The van der Waals surface area contributed by atoms with Gasteiger partial charge in [-0.2, -0.15) is 0 Å². The van der Waals surface area contributed by atoms with Gasteiger partial charge in [0.25, 0.3) is 5.91 Å². The van der Waals surface area contributed by atoms with Crippen LogP contribution in [0, 0.1) is 0 Å². The normalized spacial score (nSPS) is 11.0. The van der Waals surface area contributed by atoms with Crippen molar-refractivity contribution in [3.8, 4) is 5.75 Å². The van der Waals surface area contributed by atoms with Crippen molar-refractivity contribution in [1.29, 1.82) is 0 Å². The van der Waals surface area contributed by atoms with Gasteiger partial charge in [-0.15, -0.1) is 0 Å². The number of hydrogen-bond donors (Lipinski definition) is 1. The molecule has 1 N–H and O–H groups in total. The maximum absolute atomic E-state index is 11.9. The maximum atomic E-state index is 11.9. The van der Waals surface area contributed by atoms with Crippen LogP contribution >= 0.6 is 0 Å². The molecule has 0 fully saturated rings. The minimum atomic E-state index is -0.146. The van der Waals surface area contributed by atoms with E-state index in [1.807, 2.05) is 49.5 Å². The topological polar surface area (TPSA) is 56.1 Å². The largest absolute Gasteiger partial charge is 0.484 e. The molecular weight excluding hydrogens is 314 g/mol. The second kappa shape index (κ2) is 7.38. The summed E-state index contributed by atoms with van der Waals surface area (Å²) in [6.07, 6.45) is 0. The van der Waals surface area contributed by atoms with Crippen LogP contribution in [0.25, 0.3) is 11.0 Å². The van der Waals surface area contributed by atoms with Crippen molar-refractivity contribution >= 4 is 16.9 Å². The summed E-state index contributed by atoms with van der Waals surface area (Å²) < 4.78 is 7.57. The summed E-state index contributed by atoms with van der Waals surface area (Å²) in [6, 6.07) is 15.4. The van der Waals surface area contributed by atoms with E-state index in [1.165, 1.54) is 0 Å². The highest BCUT2D eigenvalue weighted by atomic mass is 16.5. The Kier molecular flexibility index (Phi) is 5.03. The number of rotatable bonds is 6. The Bertz CT molecular complexity index is 869. The number of amides is 1. The second-order valence-corrected chi connectivity index (χ2v) is 6.39. The van der Waals surface area contributed by atoms with Crippen LogP contribution in [-0.4, -0.2) is 22.1 Å². The highest BCUT2D eigenvalue weighted by Crippen LogP contribution is 2.21. The van der Waals surface area contributed by atoms with Gasteiger partial charge in [-0.3, -0.25) is 4.79 Å². The molecule has 3 rings (SSSR count). The molecule has 5 heteroatoms. The predicted molar refractivity (Wildman–Crippen MR) is 98.6 cm³/mol. The molecule has 2 aromatic carbocycles. The first-order chi connectivity index (χ1) is 12.0. The lowest BCUT2D eigenvalue weighted by Crippen LogP contribution is -2.28. The molecule has 1 amide bonds. The van der Waals surface area contributed by atoms with E-state index in [0.717, 1.165) is 22.4 Å². The molecule has 5 nitrogen and oxygen atoms in total. The zero-order valence-electron chi connectivity index (χ0n) is 14.8. The van der Waals surface area contributed by atoms with Crippen molar-refractivity contribution in [3.63, 3.8) is 0 Å². The summed E-state index contributed by atoms with van der Waals surface area (Å²) in [6.45, 7) is 4.73. The summed E-state index contributed by atoms with van der Waals surface area (Å²) in [7, 11) is 2.03. The van der Waals surface area contributed by atoms with Crippen molar-refractivity contribution in [2.45, 2.75) is 26.3 Å². The van der Waals surface area contributed by atoms with Gasteiger partial charge in [-0.1, -0.05) is 38.1 Å².